The van der Waals surface area contributed by atoms with Gasteiger partial charge in [-0.1, -0.05) is 12.1 Å². The van der Waals surface area contributed by atoms with E-state index in [9.17, 15) is 18.8 Å². The first-order valence-electron chi connectivity index (χ1n) is 9.45. The van der Waals surface area contributed by atoms with E-state index in [0.29, 0.717) is 0 Å². The lowest BCUT2D eigenvalue weighted by Crippen LogP contribution is -2.37. The summed E-state index contributed by atoms with van der Waals surface area (Å²) >= 11 is 0. The number of benzene rings is 1. The average Bonchev–Trinajstić information content (AvgIpc) is 3.04. The third-order valence-corrected chi connectivity index (χ3v) is 4.04. The van der Waals surface area contributed by atoms with E-state index in [-0.39, 0.29) is 50.0 Å². The van der Waals surface area contributed by atoms with Gasteiger partial charge in [0.1, 0.15) is 17.2 Å². The van der Waals surface area contributed by atoms with Gasteiger partial charge in [0.15, 0.2) is 0 Å². The number of ether oxygens (including phenoxy) is 2. The topological polar surface area (TPSA) is 103 Å². The van der Waals surface area contributed by atoms with Crippen molar-refractivity contribution in [3.8, 4) is 0 Å². The molecule has 1 aromatic heterocycles. The van der Waals surface area contributed by atoms with Crippen molar-refractivity contribution in [2.24, 2.45) is 7.05 Å². The number of rotatable bonds is 10. The van der Waals surface area contributed by atoms with Gasteiger partial charge >= 0.3 is 11.9 Å². The summed E-state index contributed by atoms with van der Waals surface area (Å²) in [4.78, 5) is 38.2. The molecule has 0 radical (unpaired) electrons. The number of carbonyl (C=O) groups is 3. The summed E-state index contributed by atoms with van der Waals surface area (Å²) in [6, 6.07) is 5.76. The molecule has 0 spiro atoms. The number of nitrogens with zero attached hydrogens (tertiary/aromatic N) is 3. The average molecular weight is 420 g/mol. The molecular formula is C20H25FN4O5. The number of aromatic nitrogens is 2. The second-order valence-electron chi connectivity index (χ2n) is 6.38. The zero-order valence-corrected chi connectivity index (χ0v) is 17.2. The quantitative estimate of drug-likeness (QED) is 0.584. The molecule has 1 aromatic carbocycles. The van der Waals surface area contributed by atoms with E-state index < -0.39 is 17.8 Å². The fourth-order valence-corrected chi connectivity index (χ4v) is 2.72. The normalized spacial score (nSPS) is 10.7. The zero-order valence-electron chi connectivity index (χ0n) is 17.2. The fourth-order valence-electron chi connectivity index (χ4n) is 2.72. The van der Waals surface area contributed by atoms with Gasteiger partial charge in [-0.25, -0.2) is 9.18 Å². The Morgan fingerprint density at radius 1 is 1.10 bits per heavy atom. The summed E-state index contributed by atoms with van der Waals surface area (Å²) in [5, 5.41) is 6.61. The van der Waals surface area contributed by atoms with Crippen LogP contribution in [0, 0.1) is 5.82 Å². The predicted molar refractivity (Wildman–Crippen MR) is 106 cm³/mol. The zero-order chi connectivity index (χ0) is 22.1. The number of aryl methyl sites for hydroxylation is 1. The molecule has 1 amide bonds. The monoisotopic (exact) mass is 420 g/mol. The molecule has 9 nitrogen and oxygen atoms in total. The highest BCUT2D eigenvalue weighted by atomic mass is 19.1. The molecule has 1 N–H and O–H groups in total. The smallest absolute Gasteiger partial charge is 0.343 e. The number of hydrogen-bond donors (Lipinski definition) is 1. The second-order valence-corrected chi connectivity index (χ2v) is 6.38. The highest BCUT2D eigenvalue weighted by Gasteiger charge is 2.21. The molecule has 0 fully saturated rings. The third kappa shape index (κ3) is 6.66. The summed E-state index contributed by atoms with van der Waals surface area (Å²) in [5.41, 5.74) is 0.851. The van der Waals surface area contributed by atoms with Crippen LogP contribution in [-0.4, -0.2) is 58.8 Å². The van der Waals surface area contributed by atoms with E-state index >= 15 is 0 Å². The Bertz CT molecular complexity index is 882. The van der Waals surface area contributed by atoms with Crippen LogP contribution in [0.5, 0.6) is 0 Å². The highest BCUT2D eigenvalue weighted by Crippen LogP contribution is 2.16. The SMILES string of the molecule is CCOC(=O)CN(CC(=O)Nc1c(C(=O)OCC)cnn1C)Cc1ccc(F)cc1. The summed E-state index contributed by atoms with van der Waals surface area (Å²) in [5.74, 6) is -1.74. The predicted octanol–water partition coefficient (Wildman–Crippen LogP) is 1.74. The van der Waals surface area contributed by atoms with Gasteiger partial charge in [-0.15, -0.1) is 0 Å². The standard InChI is InChI=1S/C20H25FN4O5/c1-4-29-18(27)13-25(11-14-6-8-15(21)9-7-14)12-17(26)23-19-16(10-22-24(19)3)20(28)30-5-2/h6-10H,4-5,11-13H2,1-3H3,(H,23,26). The minimum absolute atomic E-state index is 0.128. The minimum Gasteiger partial charge on any atom is -0.465 e. The summed E-state index contributed by atoms with van der Waals surface area (Å²) in [6.07, 6.45) is 1.31. The molecule has 0 aliphatic heterocycles. The maximum Gasteiger partial charge on any atom is 0.343 e. The van der Waals surface area contributed by atoms with Crippen LogP contribution in [0.3, 0.4) is 0 Å². The number of carbonyl (C=O) groups excluding carboxylic acids is 3. The molecule has 162 valence electrons. The number of nitrogens with one attached hydrogen (secondary N) is 1. The summed E-state index contributed by atoms with van der Waals surface area (Å²) in [6.45, 7) is 3.70. The molecule has 30 heavy (non-hydrogen) atoms. The van der Waals surface area contributed by atoms with Crippen LogP contribution in [0.15, 0.2) is 30.5 Å². The molecule has 0 aliphatic carbocycles. The van der Waals surface area contributed by atoms with Crippen LogP contribution in [-0.2, 0) is 32.7 Å². The Kier molecular flexibility index (Phi) is 8.48. The number of hydrogen-bond acceptors (Lipinski definition) is 7. The van der Waals surface area contributed by atoms with Crippen LogP contribution in [0.25, 0.3) is 0 Å². The van der Waals surface area contributed by atoms with Crippen LogP contribution in [0.4, 0.5) is 10.2 Å². The van der Waals surface area contributed by atoms with Crippen LogP contribution in [0.2, 0.25) is 0 Å². The van der Waals surface area contributed by atoms with Gasteiger partial charge in [0.05, 0.1) is 32.5 Å². The Morgan fingerprint density at radius 3 is 2.40 bits per heavy atom. The molecule has 0 saturated carbocycles. The number of esters is 2. The Balaban J connectivity index is 2.11. The van der Waals surface area contributed by atoms with E-state index in [0.717, 1.165) is 5.56 Å². The lowest BCUT2D eigenvalue weighted by molar-refractivity contribution is -0.144. The highest BCUT2D eigenvalue weighted by molar-refractivity contribution is 6.00. The van der Waals surface area contributed by atoms with Gasteiger partial charge < -0.3 is 14.8 Å². The van der Waals surface area contributed by atoms with Crippen molar-refractivity contribution in [1.29, 1.82) is 0 Å². The molecule has 0 bridgehead atoms. The fraction of sp³-hybridized carbons (Fsp3) is 0.400. The van der Waals surface area contributed by atoms with Gasteiger partial charge in [0, 0.05) is 13.6 Å². The van der Waals surface area contributed by atoms with E-state index in [1.807, 2.05) is 0 Å². The Hall–Kier alpha value is -3.27. The molecule has 0 atom stereocenters. The van der Waals surface area contributed by atoms with Crippen molar-refractivity contribution < 1.29 is 28.2 Å². The van der Waals surface area contributed by atoms with Gasteiger partial charge in [-0.3, -0.25) is 19.2 Å². The third-order valence-electron chi connectivity index (χ3n) is 4.04. The molecule has 0 unspecified atom stereocenters. The molecule has 0 saturated heterocycles. The first kappa shape index (κ1) is 23.0. The van der Waals surface area contributed by atoms with Crippen molar-refractivity contribution in [3.05, 3.63) is 47.4 Å². The second kappa shape index (κ2) is 11.1. The molecular weight excluding hydrogens is 395 g/mol. The van der Waals surface area contributed by atoms with Crippen LogP contribution >= 0.6 is 0 Å². The number of anilines is 1. The van der Waals surface area contributed by atoms with E-state index in [1.54, 1.807) is 37.9 Å². The van der Waals surface area contributed by atoms with Crippen LogP contribution in [0.1, 0.15) is 29.8 Å². The summed E-state index contributed by atoms with van der Waals surface area (Å²) in [7, 11) is 1.58. The molecule has 0 aliphatic rings. The lowest BCUT2D eigenvalue weighted by atomic mass is 10.2. The van der Waals surface area contributed by atoms with E-state index in [2.05, 4.69) is 10.4 Å². The van der Waals surface area contributed by atoms with Crippen molar-refractivity contribution in [1.82, 2.24) is 14.7 Å². The molecule has 10 heteroatoms. The van der Waals surface area contributed by atoms with Gasteiger partial charge in [0.25, 0.3) is 0 Å². The van der Waals surface area contributed by atoms with Crippen molar-refractivity contribution in [3.63, 3.8) is 0 Å². The molecule has 2 rings (SSSR count). The molecule has 2 aromatic rings. The first-order valence-corrected chi connectivity index (χ1v) is 9.45. The largest absolute Gasteiger partial charge is 0.465 e. The van der Waals surface area contributed by atoms with Crippen molar-refractivity contribution >= 4 is 23.7 Å². The minimum atomic E-state index is -0.601. The first-order chi connectivity index (χ1) is 14.3. The van der Waals surface area contributed by atoms with Gasteiger partial charge in [0.2, 0.25) is 5.91 Å². The van der Waals surface area contributed by atoms with Crippen molar-refractivity contribution in [2.45, 2.75) is 20.4 Å². The van der Waals surface area contributed by atoms with Gasteiger partial charge in [-0.2, -0.15) is 5.10 Å². The molecule has 1 heterocycles. The Morgan fingerprint density at radius 2 is 1.77 bits per heavy atom. The maximum absolute atomic E-state index is 13.2. The maximum atomic E-state index is 13.2. The van der Waals surface area contributed by atoms with Gasteiger partial charge in [-0.05, 0) is 31.5 Å². The lowest BCUT2D eigenvalue weighted by Gasteiger charge is -2.21. The Labute approximate surface area is 173 Å². The van der Waals surface area contributed by atoms with Crippen molar-refractivity contribution in [2.75, 3.05) is 31.6 Å². The van der Waals surface area contributed by atoms with E-state index in [1.165, 1.54) is 23.0 Å². The van der Waals surface area contributed by atoms with Crippen LogP contribution < -0.4 is 5.32 Å². The summed E-state index contributed by atoms with van der Waals surface area (Å²) < 4.78 is 24.4. The van der Waals surface area contributed by atoms with E-state index in [4.69, 9.17) is 9.47 Å². The number of halogens is 1. The number of amides is 1.